The first kappa shape index (κ1) is 17.8. The molecule has 3 aromatic rings. The Morgan fingerprint density at radius 3 is 2.54 bits per heavy atom. The highest BCUT2D eigenvalue weighted by Gasteiger charge is 2.49. The maximum Gasteiger partial charge on any atom is 0.325 e. The highest BCUT2D eigenvalue weighted by molar-refractivity contribution is 6.07. The number of benzene rings is 2. The first-order valence-corrected chi connectivity index (χ1v) is 8.36. The van der Waals surface area contributed by atoms with Gasteiger partial charge < -0.3 is 9.73 Å². The molecule has 2 heterocycles. The van der Waals surface area contributed by atoms with Crippen molar-refractivity contribution >= 4 is 11.9 Å². The average molecular weight is 384 g/mol. The fourth-order valence-corrected chi connectivity index (χ4v) is 2.99. The second-order valence-corrected chi connectivity index (χ2v) is 6.44. The molecular weight excluding hydrogens is 370 g/mol. The van der Waals surface area contributed by atoms with E-state index in [2.05, 4.69) is 15.5 Å². The number of carbonyl (C=O) groups excluding carboxylic acids is 2. The highest BCUT2D eigenvalue weighted by atomic mass is 19.2. The lowest BCUT2D eigenvalue weighted by molar-refractivity contribution is -0.131. The third-order valence-corrected chi connectivity index (χ3v) is 4.55. The van der Waals surface area contributed by atoms with E-state index in [4.69, 9.17) is 4.42 Å². The molecule has 2 aromatic carbocycles. The van der Waals surface area contributed by atoms with Crippen molar-refractivity contribution in [1.82, 2.24) is 20.4 Å². The molecule has 1 fully saturated rings. The monoisotopic (exact) mass is 384 g/mol. The topological polar surface area (TPSA) is 88.3 Å². The Balaban J connectivity index is 1.58. The van der Waals surface area contributed by atoms with Crippen molar-refractivity contribution in [3.8, 4) is 11.5 Å². The minimum atomic E-state index is -1.53. The maximum absolute atomic E-state index is 13.6. The van der Waals surface area contributed by atoms with Gasteiger partial charge in [0.15, 0.2) is 11.6 Å². The zero-order valence-corrected chi connectivity index (χ0v) is 14.6. The standard InChI is InChI=1S/C19H14F2N4O3/c1-19(12-7-8-13(20)14(21)9-12)17(26)25(18(27)22-19)10-15-23-24-16(28-15)11-5-3-2-4-6-11/h2-9H,10H2,1H3,(H,22,27). The van der Waals surface area contributed by atoms with Crippen LogP contribution < -0.4 is 5.32 Å². The molecule has 9 heteroatoms. The van der Waals surface area contributed by atoms with Crippen LogP contribution >= 0.6 is 0 Å². The first-order chi connectivity index (χ1) is 13.4. The predicted molar refractivity (Wildman–Crippen MR) is 92.5 cm³/mol. The van der Waals surface area contributed by atoms with E-state index < -0.39 is 29.1 Å². The van der Waals surface area contributed by atoms with E-state index in [9.17, 15) is 18.4 Å². The van der Waals surface area contributed by atoms with Gasteiger partial charge in [0.05, 0.1) is 0 Å². The van der Waals surface area contributed by atoms with Crippen LogP contribution in [0.5, 0.6) is 0 Å². The molecule has 1 aliphatic rings. The summed E-state index contributed by atoms with van der Waals surface area (Å²) in [6.07, 6.45) is 0. The minimum Gasteiger partial charge on any atom is -0.419 e. The SMILES string of the molecule is CC1(c2ccc(F)c(F)c2)NC(=O)N(Cc2nnc(-c3ccccc3)o2)C1=O. The quantitative estimate of drug-likeness (QED) is 0.699. The van der Waals surface area contributed by atoms with Crippen LogP contribution in [-0.2, 0) is 16.9 Å². The lowest BCUT2D eigenvalue weighted by atomic mass is 9.92. The summed E-state index contributed by atoms with van der Waals surface area (Å²) in [5.41, 5.74) is -0.707. The molecule has 1 aliphatic heterocycles. The van der Waals surface area contributed by atoms with Gasteiger partial charge in [-0.15, -0.1) is 10.2 Å². The van der Waals surface area contributed by atoms with Crippen molar-refractivity contribution in [2.75, 3.05) is 0 Å². The Hall–Kier alpha value is -3.62. The summed E-state index contributed by atoms with van der Waals surface area (Å²) in [5.74, 6) is -2.46. The first-order valence-electron chi connectivity index (χ1n) is 8.36. The van der Waals surface area contributed by atoms with Gasteiger partial charge in [0.25, 0.3) is 5.91 Å². The molecule has 1 N–H and O–H groups in total. The Morgan fingerprint density at radius 2 is 1.82 bits per heavy atom. The van der Waals surface area contributed by atoms with E-state index in [1.165, 1.54) is 13.0 Å². The molecule has 0 bridgehead atoms. The predicted octanol–water partition coefficient (Wildman–Crippen LogP) is 2.98. The lowest BCUT2D eigenvalue weighted by Crippen LogP contribution is -2.41. The normalized spacial score (nSPS) is 19.2. The molecular formula is C19H14F2N4O3. The Labute approximate surface area is 158 Å². The van der Waals surface area contributed by atoms with Gasteiger partial charge in [0.1, 0.15) is 12.1 Å². The van der Waals surface area contributed by atoms with Crippen LogP contribution in [-0.4, -0.2) is 27.0 Å². The third kappa shape index (κ3) is 2.90. The number of rotatable bonds is 4. The molecule has 4 rings (SSSR count). The molecule has 1 unspecified atom stereocenters. The van der Waals surface area contributed by atoms with Crippen molar-refractivity contribution in [2.24, 2.45) is 0 Å². The highest BCUT2D eigenvalue weighted by Crippen LogP contribution is 2.30. The second-order valence-electron chi connectivity index (χ2n) is 6.44. The van der Waals surface area contributed by atoms with E-state index in [0.717, 1.165) is 17.0 Å². The Bertz CT molecular complexity index is 1070. The van der Waals surface area contributed by atoms with Crippen LogP contribution in [0.2, 0.25) is 0 Å². The maximum atomic E-state index is 13.6. The summed E-state index contributed by atoms with van der Waals surface area (Å²) in [7, 11) is 0. The number of imide groups is 1. The number of nitrogens with one attached hydrogen (secondary N) is 1. The van der Waals surface area contributed by atoms with Crippen LogP contribution in [0.25, 0.3) is 11.5 Å². The smallest absolute Gasteiger partial charge is 0.325 e. The molecule has 1 saturated heterocycles. The summed E-state index contributed by atoms with van der Waals surface area (Å²) >= 11 is 0. The van der Waals surface area contributed by atoms with Gasteiger partial charge in [-0.3, -0.25) is 9.69 Å². The number of carbonyl (C=O) groups is 2. The molecule has 1 aromatic heterocycles. The van der Waals surface area contributed by atoms with Gasteiger partial charge in [-0.05, 0) is 36.8 Å². The summed E-state index contributed by atoms with van der Waals surface area (Å²) in [6, 6.07) is 11.4. The molecule has 28 heavy (non-hydrogen) atoms. The number of hydrogen-bond acceptors (Lipinski definition) is 5. The van der Waals surface area contributed by atoms with Gasteiger partial charge in [-0.1, -0.05) is 24.3 Å². The molecule has 142 valence electrons. The van der Waals surface area contributed by atoms with Crippen LogP contribution in [0.1, 0.15) is 18.4 Å². The zero-order valence-electron chi connectivity index (χ0n) is 14.6. The summed E-state index contributed by atoms with van der Waals surface area (Å²) in [4.78, 5) is 26.1. The molecule has 7 nitrogen and oxygen atoms in total. The second kappa shape index (κ2) is 6.52. The number of amides is 3. The fourth-order valence-electron chi connectivity index (χ4n) is 2.99. The molecule has 0 spiro atoms. The number of nitrogens with zero attached hydrogens (tertiary/aromatic N) is 3. The fraction of sp³-hybridized carbons (Fsp3) is 0.158. The van der Waals surface area contributed by atoms with E-state index in [1.54, 1.807) is 12.1 Å². The summed E-state index contributed by atoms with van der Waals surface area (Å²) < 4.78 is 32.3. The summed E-state index contributed by atoms with van der Waals surface area (Å²) in [5, 5.41) is 10.3. The Morgan fingerprint density at radius 1 is 1.07 bits per heavy atom. The molecule has 0 saturated carbocycles. The molecule has 0 aliphatic carbocycles. The van der Waals surface area contributed by atoms with Gasteiger partial charge in [-0.25, -0.2) is 13.6 Å². The van der Waals surface area contributed by atoms with Gasteiger partial charge in [0, 0.05) is 5.56 Å². The lowest BCUT2D eigenvalue weighted by Gasteiger charge is -2.22. The molecule has 1 atom stereocenters. The number of urea groups is 1. The minimum absolute atomic E-state index is 0.0666. The number of hydrogen-bond donors (Lipinski definition) is 1. The number of aromatic nitrogens is 2. The van der Waals surface area contributed by atoms with Crippen molar-refractivity contribution < 1.29 is 22.8 Å². The molecule has 0 radical (unpaired) electrons. The summed E-state index contributed by atoms with van der Waals surface area (Å²) in [6.45, 7) is 1.17. The van der Waals surface area contributed by atoms with Crippen molar-refractivity contribution in [2.45, 2.75) is 19.0 Å². The van der Waals surface area contributed by atoms with Crippen LogP contribution in [0, 0.1) is 11.6 Å². The van der Waals surface area contributed by atoms with Crippen LogP contribution in [0.15, 0.2) is 52.9 Å². The largest absolute Gasteiger partial charge is 0.419 e. The van der Waals surface area contributed by atoms with Crippen molar-refractivity contribution in [3.05, 3.63) is 71.6 Å². The molecule has 3 amide bonds. The average Bonchev–Trinajstić information content (AvgIpc) is 3.24. The van der Waals surface area contributed by atoms with Crippen LogP contribution in [0.3, 0.4) is 0 Å². The third-order valence-electron chi connectivity index (χ3n) is 4.55. The van der Waals surface area contributed by atoms with Crippen molar-refractivity contribution in [3.63, 3.8) is 0 Å². The van der Waals surface area contributed by atoms with Crippen LogP contribution in [0.4, 0.5) is 13.6 Å². The van der Waals surface area contributed by atoms with Gasteiger partial charge >= 0.3 is 6.03 Å². The number of halogens is 2. The zero-order chi connectivity index (χ0) is 19.9. The van der Waals surface area contributed by atoms with E-state index >= 15 is 0 Å². The van der Waals surface area contributed by atoms with E-state index in [0.29, 0.717) is 5.56 Å². The Kier molecular flexibility index (Phi) is 4.14. The van der Waals surface area contributed by atoms with Crippen molar-refractivity contribution in [1.29, 1.82) is 0 Å². The van der Waals surface area contributed by atoms with Gasteiger partial charge in [0.2, 0.25) is 11.8 Å². The van der Waals surface area contributed by atoms with Gasteiger partial charge in [-0.2, -0.15) is 0 Å². The van der Waals surface area contributed by atoms with E-state index in [-0.39, 0.29) is 23.9 Å². The van der Waals surface area contributed by atoms with E-state index in [1.807, 2.05) is 18.2 Å².